The number of carbonyl (C=O) groups is 1. The molecule has 4 nitrogen and oxygen atoms in total. The van der Waals surface area contributed by atoms with Crippen molar-refractivity contribution in [3.05, 3.63) is 95.4 Å². The number of hydrogen-bond donors (Lipinski definition) is 1. The number of nitrogens with zero attached hydrogens (tertiary/aromatic N) is 2. The summed E-state index contributed by atoms with van der Waals surface area (Å²) in [4.78, 5) is 19.4. The Hall–Kier alpha value is -4.07. The minimum Gasteiger partial charge on any atom is -0.478 e. The van der Waals surface area contributed by atoms with E-state index in [0.29, 0.717) is 22.3 Å². The molecule has 0 aliphatic carbocycles. The third-order valence-corrected chi connectivity index (χ3v) is 5.09. The van der Waals surface area contributed by atoms with Crippen LogP contribution >= 0.6 is 0 Å². The highest BCUT2D eigenvalue weighted by atomic mass is 19.4. The predicted octanol–water partition coefficient (Wildman–Crippen LogP) is 6.64. The fourth-order valence-electron chi connectivity index (χ4n) is 3.43. The maximum Gasteiger partial charge on any atom is 0.433 e. The second-order valence-electron chi connectivity index (χ2n) is 7.36. The van der Waals surface area contributed by atoms with Crippen LogP contribution in [0.25, 0.3) is 33.8 Å². The van der Waals surface area contributed by atoms with Gasteiger partial charge in [-0.3, -0.25) is 0 Å². The highest BCUT2D eigenvalue weighted by molar-refractivity contribution is 5.90. The van der Waals surface area contributed by atoms with E-state index < -0.39 is 29.2 Å². The van der Waals surface area contributed by atoms with Gasteiger partial charge in [-0.25, -0.2) is 19.2 Å². The van der Waals surface area contributed by atoms with Crippen LogP contribution in [-0.4, -0.2) is 21.0 Å². The van der Waals surface area contributed by atoms with Gasteiger partial charge in [-0.15, -0.1) is 0 Å². The molecule has 0 radical (unpaired) electrons. The number of aromatic carboxylic acids is 1. The smallest absolute Gasteiger partial charge is 0.433 e. The summed E-state index contributed by atoms with van der Waals surface area (Å²) in [5.41, 5.74) is 1.03. The van der Waals surface area contributed by atoms with Crippen molar-refractivity contribution in [2.45, 2.75) is 13.1 Å². The van der Waals surface area contributed by atoms with Crippen LogP contribution in [0.5, 0.6) is 0 Å². The molecule has 166 valence electrons. The second kappa shape index (κ2) is 8.46. The lowest BCUT2D eigenvalue weighted by atomic mass is 10.00. The number of carboxylic acids is 1. The quantitative estimate of drug-likeness (QED) is 0.353. The molecule has 0 fully saturated rings. The van der Waals surface area contributed by atoms with Gasteiger partial charge in [0.15, 0.2) is 5.82 Å². The fraction of sp³-hybridized carbons (Fsp3) is 0.0800. The lowest BCUT2D eigenvalue weighted by Crippen LogP contribution is -2.10. The summed E-state index contributed by atoms with van der Waals surface area (Å²) in [5, 5.41) is 9.17. The van der Waals surface area contributed by atoms with Crippen molar-refractivity contribution in [3.8, 4) is 33.8 Å². The van der Waals surface area contributed by atoms with E-state index in [1.807, 2.05) is 0 Å². The summed E-state index contributed by atoms with van der Waals surface area (Å²) in [7, 11) is 0. The van der Waals surface area contributed by atoms with Crippen molar-refractivity contribution in [2.75, 3.05) is 0 Å². The molecule has 0 bridgehead atoms. The Morgan fingerprint density at radius 2 is 1.55 bits per heavy atom. The number of aromatic nitrogens is 2. The minimum atomic E-state index is -4.68. The van der Waals surface area contributed by atoms with E-state index in [-0.39, 0.29) is 11.5 Å². The Kier molecular flexibility index (Phi) is 5.68. The van der Waals surface area contributed by atoms with Gasteiger partial charge in [0, 0.05) is 11.1 Å². The largest absolute Gasteiger partial charge is 0.478 e. The highest BCUT2D eigenvalue weighted by Gasteiger charge is 2.34. The van der Waals surface area contributed by atoms with Gasteiger partial charge in [-0.2, -0.15) is 13.2 Å². The van der Waals surface area contributed by atoms with Gasteiger partial charge >= 0.3 is 12.1 Å². The maximum absolute atomic E-state index is 13.8. The number of alkyl halides is 3. The molecule has 0 aliphatic heterocycles. The van der Waals surface area contributed by atoms with Crippen LogP contribution in [0.1, 0.15) is 21.6 Å². The molecule has 0 saturated carbocycles. The fourth-order valence-corrected chi connectivity index (χ4v) is 3.43. The molecular weight excluding hydrogens is 436 g/mol. The zero-order valence-electron chi connectivity index (χ0n) is 17.2. The van der Waals surface area contributed by atoms with E-state index in [9.17, 15) is 27.5 Å². The molecule has 1 heterocycles. The molecule has 0 saturated heterocycles. The first-order chi connectivity index (χ1) is 15.6. The highest BCUT2D eigenvalue weighted by Crippen LogP contribution is 2.34. The molecule has 0 unspecified atom stereocenters. The van der Waals surface area contributed by atoms with Crippen LogP contribution in [0.2, 0.25) is 0 Å². The van der Waals surface area contributed by atoms with Gasteiger partial charge in [0.25, 0.3) is 0 Å². The average molecular weight is 452 g/mol. The number of benzene rings is 3. The molecule has 33 heavy (non-hydrogen) atoms. The predicted molar refractivity (Wildman–Crippen MR) is 115 cm³/mol. The third-order valence-electron chi connectivity index (χ3n) is 5.09. The molecule has 4 aromatic rings. The number of carboxylic acid groups (broad SMARTS) is 1. The maximum atomic E-state index is 13.8. The average Bonchev–Trinajstić information content (AvgIpc) is 2.79. The molecule has 4 rings (SSSR count). The first-order valence-electron chi connectivity index (χ1n) is 9.79. The van der Waals surface area contributed by atoms with Crippen LogP contribution in [0, 0.1) is 12.7 Å². The third kappa shape index (κ3) is 4.59. The van der Waals surface area contributed by atoms with E-state index in [1.165, 1.54) is 18.2 Å². The number of aryl methyl sites for hydroxylation is 1. The molecular formula is C25H16F4N2O2. The molecule has 0 aliphatic rings. The standard InChI is InChI=1S/C25H16F4N2O2/c1-14-5-2-3-8-18(14)21-13-22(25(27,28)29)31-23(30-21)17-7-4-6-15(11-17)16-9-10-20(26)19(12-16)24(32)33/h2-13H,1H3,(H,32,33). The molecule has 1 N–H and O–H groups in total. The first-order valence-corrected chi connectivity index (χ1v) is 9.79. The number of rotatable bonds is 4. The van der Waals surface area contributed by atoms with Gasteiger partial charge in [0.2, 0.25) is 0 Å². The number of halogens is 4. The Balaban J connectivity index is 1.86. The van der Waals surface area contributed by atoms with Crippen LogP contribution in [0.15, 0.2) is 72.8 Å². The number of hydrogen-bond acceptors (Lipinski definition) is 3. The molecule has 0 spiro atoms. The van der Waals surface area contributed by atoms with Crippen molar-refractivity contribution in [3.63, 3.8) is 0 Å². The van der Waals surface area contributed by atoms with Gasteiger partial charge in [0.1, 0.15) is 11.5 Å². The monoisotopic (exact) mass is 452 g/mol. The Labute approximate surface area is 186 Å². The molecule has 0 atom stereocenters. The lowest BCUT2D eigenvalue weighted by molar-refractivity contribution is -0.141. The molecule has 3 aromatic carbocycles. The normalized spacial score (nSPS) is 11.4. The Morgan fingerprint density at radius 3 is 2.24 bits per heavy atom. The van der Waals surface area contributed by atoms with Gasteiger partial charge in [-0.05, 0) is 47.9 Å². The summed E-state index contributed by atoms with van der Waals surface area (Å²) in [5.74, 6) is -2.44. The summed E-state index contributed by atoms with van der Waals surface area (Å²) in [6.07, 6.45) is -4.68. The first kappa shape index (κ1) is 22.1. The topological polar surface area (TPSA) is 63.1 Å². The second-order valence-corrected chi connectivity index (χ2v) is 7.36. The van der Waals surface area contributed by atoms with E-state index in [4.69, 9.17) is 0 Å². The van der Waals surface area contributed by atoms with Crippen LogP contribution < -0.4 is 0 Å². The zero-order chi connectivity index (χ0) is 23.8. The van der Waals surface area contributed by atoms with Gasteiger partial charge < -0.3 is 5.11 Å². The van der Waals surface area contributed by atoms with Crippen molar-refractivity contribution in [1.82, 2.24) is 9.97 Å². The summed E-state index contributed by atoms with van der Waals surface area (Å²) in [6.45, 7) is 1.78. The Bertz CT molecular complexity index is 1370. The van der Waals surface area contributed by atoms with Gasteiger partial charge in [-0.1, -0.05) is 48.5 Å². The van der Waals surface area contributed by atoms with Crippen molar-refractivity contribution in [1.29, 1.82) is 0 Å². The van der Waals surface area contributed by atoms with Crippen molar-refractivity contribution in [2.24, 2.45) is 0 Å². The summed E-state index contributed by atoms with van der Waals surface area (Å²) < 4.78 is 54.6. The van der Waals surface area contributed by atoms with Crippen molar-refractivity contribution < 1.29 is 27.5 Å². The molecule has 1 aromatic heterocycles. The Morgan fingerprint density at radius 1 is 0.848 bits per heavy atom. The van der Waals surface area contributed by atoms with Crippen LogP contribution in [-0.2, 0) is 6.18 Å². The summed E-state index contributed by atoms with van der Waals surface area (Å²) in [6, 6.07) is 17.8. The summed E-state index contributed by atoms with van der Waals surface area (Å²) >= 11 is 0. The van der Waals surface area contributed by atoms with E-state index in [0.717, 1.165) is 17.7 Å². The van der Waals surface area contributed by atoms with Crippen LogP contribution in [0.3, 0.4) is 0 Å². The lowest BCUT2D eigenvalue weighted by Gasteiger charge is -2.13. The van der Waals surface area contributed by atoms with Gasteiger partial charge in [0.05, 0.1) is 11.3 Å². The van der Waals surface area contributed by atoms with E-state index in [2.05, 4.69) is 9.97 Å². The SMILES string of the molecule is Cc1ccccc1-c1cc(C(F)(F)F)nc(-c2cccc(-c3ccc(F)c(C(=O)O)c3)c2)n1. The zero-order valence-corrected chi connectivity index (χ0v) is 17.2. The van der Waals surface area contributed by atoms with Crippen molar-refractivity contribution >= 4 is 5.97 Å². The molecule has 8 heteroatoms. The minimum absolute atomic E-state index is 0.130. The molecule has 0 amide bonds. The van der Waals surface area contributed by atoms with Crippen LogP contribution in [0.4, 0.5) is 17.6 Å². The van der Waals surface area contributed by atoms with E-state index >= 15 is 0 Å². The van der Waals surface area contributed by atoms with E-state index in [1.54, 1.807) is 49.4 Å².